The predicted octanol–water partition coefficient (Wildman–Crippen LogP) is 4.32. The van der Waals surface area contributed by atoms with Gasteiger partial charge in [0.15, 0.2) is 5.82 Å². The molecule has 1 atom stereocenters. The van der Waals surface area contributed by atoms with Crippen LogP contribution in [0.2, 0.25) is 0 Å². The highest BCUT2D eigenvalue weighted by atomic mass is 32.1. The molecule has 1 aromatic carbocycles. The van der Waals surface area contributed by atoms with E-state index in [1.807, 2.05) is 44.3 Å². The number of halogens is 1. The predicted molar refractivity (Wildman–Crippen MR) is 137 cm³/mol. The Morgan fingerprint density at radius 1 is 1.26 bits per heavy atom. The third-order valence-electron chi connectivity index (χ3n) is 5.98. The highest BCUT2D eigenvalue weighted by Gasteiger charge is 2.20. The Morgan fingerprint density at radius 3 is 2.89 bits per heavy atom. The number of amides is 2. The van der Waals surface area contributed by atoms with Crippen molar-refractivity contribution in [3.05, 3.63) is 59.8 Å². The lowest BCUT2D eigenvalue weighted by Gasteiger charge is -2.14. The first kappa shape index (κ1) is 23.1. The first-order valence-corrected chi connectivity index (χ1v) is 12.3. The molecular formula is C25H26FN7OS. The van der Waals surface area contributed by atoms with E-state index in [1.165, 1.54) is 17.5 Å². The summed E-state index contributed by atoms with van der Waals surface area (Å²) in [7, 11) is 0. The molecule has 4 heterocycles. The molecule has 1 unspecified atom stereocenters. The van der Waals surface area contributed by atoms with Crippen LogP contribution in [0.4, 0.5) is 15.1 Å². The van der Waals surface area contributed by atoms with Crippen LogP contribution < -0.4 is 16.4 Å². The van der Waals surface area contributed by atoms with Crippen molar-refractivity contribution in [2.24, 2.45) is 5.73 Å². The van der Waals surface area contributed by atoms with Crippen LogP contribution in [0, 0.1) is 12.7 Å². The number of benzene rings is 1. The average molecular weight is 492 g/mol. The number of nitrogens with one attached hydrogen (secondary N) is 2. The lowest BCUT2D eigenvalue weighted by molar-refractivity contribution is 0.219. The molecule has 1 aliphatic heterocycles. The number of urea groups is 1. The fourth-order valence-electron chi connectivity index (χ4n) is 4.21. The van der Waals surface area contributed by atoms with Crippen molar-refractivity contribution < 1.29 is 9.18 Å². The summed E-state index contributed by atoms with van der Waals surface area (Å²) in [5.74, 6) is -0.165. The smallest absolute Gasteiger partial charge is 0.317 e. The first-order valence-electron chi connectivity index (χ1n) is 11.5. The highest BCUT2D eigenvalue weighted by Crippen LogP contribution is 2.41. The van der Waals surface area contributed by atoms with Crippen LogP contribution in [0.1, 0.15) is 24.2 Å². The summed E-state index contributed by atoms with van der Waals surface area (Å²) in [6, 6.07) is 9.80. The standard InChI is InChI=1S/C25H26FN7OS/c1-14-10-18(19(12-30-14)15(2)27)17-5-3-4-16-11-21(35-23(16)17)22-20(26)13-31-24(32-22)28-6-8-33-9-7-29-25(33)34/h3-5,10-13,15H,6-9,27H2,1-2H3,(H,29,34)(H,28,31,32). The molecule has 3 aromatic heterocycles. The van der Waals surface area contributed by atoms with Crippen LogP contribution in [0.15, 0.2) is 42.7 Å². The minimum Gasteiger partial charge on any atom is -0.352 e. The number of rotatable bonds is 7. The maximum Gasteiger partial charge on any atom is 0.317 e. The molecule has 0 bridgehead atoms. The second-order valence-electron chi connectivity index (χ2n) is 8.57. The van der Waals surface area contributed by atoms with Crippen molar-refractivity contribution in [2.45, 2.75) is 19.9 Å². The number of pyridine rings is 1. The zero-order chi connectivity index (χ0) is 24.5. The molecule has 1 fully saturated rings. The van der Waals surface area contributed by atoms with E-state index in [9.17, 15) is 9.18 Å². The quantitative estimate of drug-likeness (QED) is 0.355. The number of anilines is 1. The molecule has 0 spiro atoms. The van der Waals surface area contributed by atoms with Gasteiger partial charge in [-0.25, -0.2) is 19.2 Å². The van der Waals surface area contributed by atoms with Crippen LogP contribution in [0.5, 0.6) is 0 Å². The molecule has 10 heteroatoms. The number of nitrogens with zero attached hydrogens (tertiary/aromatic N) is 4. The van der Waals surface area contributed by atoms with Gasteiger partial charge in [0.25, 0.3) is 0 Å². The molecule has 8 nitrogen and oxygen atoms in total. The van der Waals surface area contributed by atoms with E-state index < -0.39 is 5.82 Å². The molecule has 1 saturated heterocycles. The Bertz CT molecular complexity index is 1400. The number of carbonyl (C=O) groups excluding carboxylic acids is 1. The lowest BCUT2D eigenvalue weighted by atomic mass is 9.96. The SMILES string of the molecule is Cc1cc(-c2cccc3cc(-c4nc(NCCN5CCNC5=O)ncc4F)sc23)c(C(C)N)cn1. The van der Waals surface area contributed by atoms with Crippen molar-refractivity contribution in [1.82, 2.24) is 25.2 Å². The van der Waals surface area contributed by atoms with Crippen molar-refractivity contribution in [1.29, 1.82) is 0 Å². The number of fused-ring (bicyclic) bond motifs is 1. The second kappa shape index (κ2) is 9.55. The molecule has 4 N–H and O–H groups in total. The number of aryl methyl sites for hydroxylation is 1. The lowest BCUT2D eigenvalue weighted by Crippen LogP contribution is -2.32. The van der Waals surface area contributed by atoms with Gasteiger partial charge in [-0.1, -0.05) is 18.2 Å². The van der Waals surface area contributed by atoms with Gasteiger partial charge in [0.05, 0.1) is 11.1 Å². The fourth-order valence-corrected chi connectivity index (χ4v) is 5.39. The van der Waals surface area contributed by atoms with E-state index in [4.69, 9.17) is 5.73 Å². The maximum atomic E-state index is 14.8. The maximum absolute atomic E-state index is 14.8. The van der Waals surface area contributed by atoms with Gasteiger partial charge in [0.2, 0.25) is 5.95 Å². The minimum absolute atomic E-state index is 0.0785. The number of aromatic nitrogens is 3. The van der Waals surface area contributed by atoms with Crippen LogP contribution in [-0.2, 0) is 0 Å². The summed E-state index contributed by atoms with van der Waals surface area (Å²) < 4.78 is 15.8. The number of hydrogen-bond acceptors (Lipinski definition) is 7. The monoisotopic (exact) mass is 491 g/mol. The minimum atomic E-state index is -0.487. The van der Waals surface area contributed by atoms with Gasteiger partial charge >= 0.3 is 6.03 Å². The van der Waals surface area contributed by atoms with Gasteiger partial charge in [0, 0.05) is 48.8 Å². The molecule has 1 aliphatic rings. The van der Waals surface area contributed by atoms with Gasteiger partial charge in [-0.2, -0.15) is 0 Å². The van der Waals surface area contributed by atoms with E-state index >= 15 is 0 Å². The normalized spacial score (nSPS) is 14.4. The number of hydrogen-bond donors (Lipinski definition) is 3. The van der Waals surface area contributed by atoms with E-state index in [2.05, 4.69) is 31.7 Å². The molecular weight excluding hydrogens is 465 g/mol. The fraction of sp³-hybridized carbons (Fsp3) is 0.280. The summed E-state index contributed by atoms with van der Waals surface area (Å²) in [6.07, 6.45) is 3.01. The van der Waals surface area contributed by atoms with Crippen molar-refractivity contribution >= 4 is 33.4 Å². The van der Waals surface area contributed by atoms with Crippen LogP contribution in [0.3, 0.4) is 0 Å². The summed E-state index contributed by atoms with van der Waals surface area (Å²) in [5.41, 5.74) is 10.4. The third kappa shape index (κ3) is 4.67. The Hall–Kier alpha value is -3.63. The van der Waals surface area contributed by atoms with E-state index in [0.717, 1.165) is 32.5 Å². The van der Waals surface area contributed by atoms with Crippen molar-refractivity contribution in [2.75, 3.05) is 31.5 Å². The molecule has 2 amide bonds. The molecule has 4 aromatic rings. The third-order valence-corrected chi connectivity index (χ3v) is 7.17. The average Bonchev–Trinajstić information content (AvgIpc) is 3.45. The molecule has 5 rings (SSSR count). The van der Waals surface area contributed by atoms with Gasteiger partial charge in [-0.3, -0.25) is 4.98 Å². The highest BCUT2D eigenvalue weighted by molar-refractivity contribution is 7.22. The van der Waals surface area contributed by atoms with E-state index in [-0.39, 0.29) is 17.8 Å². The summed E-state index contributed by atoms with van der Waals surface area (Å²) in [6.45, 7) is 6.20. The van der Waals surface area contributed by atoms with Gasteiger partial charge in [-0.05, 0) is 48.1 Å². The second-order valence-corrected chi connectivity index (χ2v) is 9.62. The first-order chi connectivity index (χ1) is 16.9. The molecule has 0 aliphatic carbocycles. The van der Waals surface area contributed by atoms with Gasteiger partial charge < -0.3 is 21.3 Å². The molecule has 180 valence electrons. The van der Waals surface area contributed by atoms with Crippen molar-refractivity contribution in [3.8, 4) is 21.7 Å². The Morgan fingerprint density at radius 2 is 2.11 bits per heavy atom. The Balaban J connectivity index is 1.47. The zero-order valence-corrected chi connectivity index (χ0v) is 20.3. The van der Waals surface area contributed by atoms with Crippen LogP contribution >= 0.6 is 11.3 Å². The van der Waals surface area contributed by atoms with Gasteiger partial charge in [-0.15, -0.1) is 11.3 Å². The van der Waals surface area contributed by atoms with Crippen LogP contribution in [0.25, 0.3) is 31.8 Å². The van der Waals surface area contributed by atoms with E-state index in [1.54, 1.807) is 4.90 Å². The zero-order valence-electron chi connectivity index (χ0n) is 19.5. The Kier molecular flexibility index (Phi) is 6.31. The largest absolute Gasteiger partial charge is 0.352 e. The number of carbonyl (C=O) groups is 1. The van der Waals surface area contributed by atoms with Crippen molar-refractivity contribution in [3.63, 3.8) is 0 Å². The Labute approximate surface area is 206 Å². The molecule has 0 saturated carbocycles. The molecule has 35 heavy (non-hydrogen) atoms. The topological polar surface area (TPSA) is 109 Å². The summed E-state index contributed by atoms with van der Waals surface area (Å²) in [5, 5.41) is 6.87. The van der Waals surface area contributed by atoms with E-state index in [0.29, 0.717) is 37.0 Å². The summed E-state index contributed by atoms with van der Waals surface area (Å²) in [4.78, 5) is 27.1. The van der Waals surface area contributed by atoms with Gasteiger partial charge in [0.1, 0.15) is 5.69 Å². The molecule has 0 radical (unpaired) electrons. The number of nitrogens with two attached hydrogens (primary N) is 1. The summed E-state index contributed by atoms with van der Waals surface area (Å²) >= 11 is 1.49. The van der Waals surface area contributed by atoms with Crippen LogP contribution in [-0.4, -0.2) is 52.1 Å². The number of thiophene rings is 1.